The zero-order valence-corrected chi connectivity index (χ0v) is 14.6. The van der Waals surface area contributed by atoms with E-state index in [4.69, 9.17) is 4.74 Å². The smallest absolute Gasteiger partial charge is 0.307 e. The lowest BCUT2D eigenvalue weighted by molar-refractivity contribution is -0.142. The van der Waals surface area contributed by atoms with Gasteiger partial charge in [-0.3, -0.25) is 14.4 Å². The number of likely N-dealkylation sites (tertiary alicyclic amines) is 1. The fourth-order valence-electron chi connectivity index (χ4n) is 2.99. The number of esters is 1. The molecule has 0 amide bonds. The number of rotatable bonds is 5. The van der Waals surface area contributed by atoms with Crippen molar-refractivity contribution < 1.29 is 9.53 Å². The van der Waals surface area contributed by atoms with Crippen LogP contribution < -0.4 is 0 Å². The van der Waals surface area contributed by atoms with Gasteiger partial charge in [0, 0.05) is 19.1 Å². The fourth-order valence-corrected chi connectivity index (χ4v) is 3.40. The summed E-state index contributed by atoms with van der Waals surface area (Å²) in [6, 6.07) is 0.276. The zero-order chi connectivity index (χ0) is 15.4. The molecule has 2 rings (SSSR count). The molecule has 5 nitrogen and oxygen atoms in total. The summed E-state index contributed by atoms with van der Waals surface area (Å²) in [6.07, 6.45) is 3.92. The highest BCUT2D eigenvalue weighted by Gasteiger charge is 2.27. The Morgan fingerprint density at radius 1 is 1.48 bits per heavy atom. The van der Waals surface area contributed by atoms with Gasteiger partial charge < -0.3 is 4.74 Å². The molecule has 0 spiro atoms. The third-order valence-corrected chi connectivity index (χ3v) is 5.22. The largest absolute Gasteiger partial charge is 0.469 e. The van der Waals surface area contributed by atoms with E-state index in [1.807, 2.05) is 11.6 Å². The summed E-state index contributed by atoms with van der Waals surface area (Å²) in [6.45, 7) is 6.84. The van der Waals surface area contributed by atoms with Crippen LogP contribution in [0.2, 0.25) is 0 Å². The first-order valence-corrected chi connectivity index (χ1v) is 8.38. The Morgan fingerprint density at radius 3 is 2.90 bits per heavy atom. The van der Waals surface area contributed by atoms with Crippen LogP contribution in [0.4, 0.5) is 0 Å². The van der Waals surface area contributed by atoms with Crippen LogP contribution in [0.5, 0.6) is 0 Å². The molecule has 118 valence electrons. The lowest BCUT2D eigenvalue weighted by Gasteiger charge is -2.35. The maximum Gasteiger partial charge on any atom is 0.307 e. The van der Waals surface area contributed by atoms with Gasteiger partial charge in [0.05, 0.1) is 29.4 Å². The molecule has 1 fully saturated rings. The van der Waals surface area contributed by atoms with Crippen molar-refractivity contribution in [2.75, 3.05) is 13.7 Å². The third-order valence-electron chi connectivity index (χ3n) is 4.18. The predicted octanol–water partition coefficient (Wildman–Crippen LogP) is 2.89. The second-order valence-electron chi connectivity index (χ2n) is 5.56. The van der Waals surface area contributed by atoms with Crippen LogP contribution in [0.3, 0.4) is 0 Å². The van der Waals surface area contributed by atoms with Crippen LogP contribution in [0, 0.1) is 6.92 Å². The molecule has 1 unspecified atom stereocenters. The quantitative estimate of drug-likeness (QED) is 0.760. The van der Waals surface area contributed by atoms with E-state index >= 15 is 0 Å². The van der Waals surface area contributed by atoms with E-state index in [1.165, 1.54) is 25.6 Å². The lowest BCUT2D eigenvalue weighted by Crippen LogP contribution is -2.41. The van der Waals surface area contributed by atoms with Gasteiger partial charge >= 0.3 is 5.97 Å². The van der Waals surface area contributed by atoms with Gasteiger partial charge in [0.25, 0.3) is 0 Å². The molecule has 21 heavy (non-hydrogen) atoms. The first-order valence-electron chi connectivity index (χ1n) is 7.59. The molecule has 0 saturated carbocycles. The summed E-state index contributed by atoms with van der Waals surface area (Å²) in [4.78, 5) is 14.0. The second kappa shape index (κ2) is 7.40. The third kappa shape index (κ3) is 3.86. The minimum absolute atomic E-state index is 0.119. The lowest BCUT2D eigenvalue weighted by atomic mass is 9.99. The van der Waals surface area contributed by atoms with Gasteiger partial charge in [-0.2, -0.15) is 5.10 Å². The van der Waals surface area contributed by atoms with Crippen molar-refractivity contribution in [2.45, 2.75) is 58.7 Å². The number of hydrogen-bond donors (Lipinski definition) is 0. The number of methoxy groups -OCH3 is 1. The number of halogens is 1. The maximum absolute atomic E-state index is 11.6. The Bertz CT molecular complexity index is 501. The van der Waals surface area contributed by atoms with Crippen molar-refractivity contribution in [2.24, 2.45) is 0 Å². The monoisotopic (exact) mass is 357 g/mol. The van der Waals surface area contributed by atoms with E-state index in [0.717, 1.165) is 36.2 Å². The van der Waals surface area contributed by atoms with E-state index in [-0.39, 0.29) is 12.0 Å². The molecule has 1 aliphatic heterocycles. The summed E-state index contributed by atoms with van der Waals surface area (Å²) < 4.78 is 7.97. The highest BCUT2D eigenvalue weighted by molar-refractivity contribution is 9.10. The SMILES string of the molecule is CCn1nc(C)c(Br)c1CN1CCCCC1CC(=O)OC. The van der Waals surface area contributed by atoms with E-state index in [9.17, 15) is 4.79 Å². The molecule has 1 aliphatic rings. The predicted molar refractivity (Wildman–Crippen MR) is 85.0 cm³/mol. The van der Waals surface area contributed by atoms with Crippen LogP contribution in [-0.4, -0.2) is 40.3 Å². The van der Waals surface area contributed by atoms with Crippen molar-refractivity contribution in [3.8, 4) is 0 Å². The summed E-state index contributed by atoms with van der Waals surface area (Å²) in [5, 5.41) is 4.55. The Balaban J connectivity index is 2.13. The molecule has 1 saturated heterocycles. The van der Waals surface area contributed by atoms with Crippen molar-refractivity contribution in [3.05, 3.63) is 15.9 Å². The molecule has 0 N–H and O–H groups in total. The highest BCUT2D eigenvalue weighted by atomic mass is 79.9. The molecule has 0 radical (unpaired) electrons. The summed E-state index contributed by atoms with van der Waals surface area (Å²) in [5.74, 6) is -0.119. The highest BCUT2D eigenvalue weighted by Crippen LogP contribution is 2.27. The number of ether oxygens (including phenoxy) is 1. The summed E-state index contributed by atoms with van der Waals surface area (Å²) >= 11 is 3.65. The minimum atomic E-state index is -0.119. The maximum atomic E-state index is 11.6. The van der Waals surface area contributed by atoms with Crippen LogP contribution in [0.25, 0.3) is 0 Å². The van der Waals surface area contributed by atoms with Gasteiger partial charge in [0.15, 0.2) is 0 Å². The number of carbonyl (C=O) groups is 1. The minimum Gasteiger partial charge on any atom is -0.469 e. The second-order valence-corrected chi connectivity index (χ2v) is 6.36. The van der Waals surface area contributed by atoms with Gasteiger partial charge in [0.2, 0.25) is 0 Å². The summed E-state index contributed by atoms with van der Waals surface area (Å²) in [5.41, 5.74) is 2.22. The van der Waals surface area contributed by atoms with Gasteiger partial charge in [-0.15, -0.1) is 0 Å². The van der Waals surface area contributed by atoms with Gasteiger partial charge in [-0.1, -0.05) is 6.42 Å². The molecular weight excluding hydrogens is 334 g/mol. The van der Waals surface area contributed by atoms with E-state index in [1.54, 1.807) is 0 Å². The Kier molecular flexibility index (Phi) is 5.81. The van der Waals surface area contributed by atoms with Crippen molar-refractivity contribution in [1.82, 2.24) is 14.7 Å². The van der Waals surface area contributed by atoms with Crippen LogP contribution in [0.1, 0.15) is 44.0 Å². The molecule has 1 atom stereocenters. The van der Waals surface area contributed by atoms with Gasteiger partial charge in [-0.25, -0.2) is 0 Å². The summed E-state index contributed by atoms with van der Waals surface area (Å²) in [7, 11) is 1.46. The number of carbonyl (C=O) groups excluding carboxylic acids is 1. The van der Waals surface area contributed by atoms with Gasteiger partial charge in [-0.05, 0) is 49.2 Å². The first-order chi connectivity index (χ1) is 10.1. The van der Waals surface area contributed by atoms with Gasteiger partial charge in [0.1, 0.15) is 0 Å². The van der Waals surface area contributed by atoms with Crippen LogP contribution in [-0.2, 0) is 22.6 Å². The Morgan fingerprint density at radius 2 is 2.24 bits per heavy atom. The average molecular weight is 358 g/mol. The number of nitrogens with zero attached hydrogens (tertiary/aromatic N) is 3. The van der Waals surface area contributed by atoms with E-state index < -0.39 is 0 Å². The molecule has 0 aliphatic carbocycles. The zero-order valence-electron chi connectivity index (χ0n) is 13.1. The number of aryl methyl sites for hydroxylation is 2. The standard InChI is InChI=1S/C15H24BrN3O2/c1-4-19-13(15(16)11(2)17-19)10-18-8-6-5-7-12(18)9-14(20)21-3/h12H,4-10H2,1-3H3. The van der Waals surface area contributed by atoms with Crippen molar-refractivity contribution >= 4 is 21.9 Å². The topological polar surface area (TPSA) is 47.4 Å². The first kappa shape index (κ1) is 16.5. The average Bonchev–Trinajstić information content (AvgIpc) is 2.76. The Labute approximate surface area is 134 Å². The van der Waals surface area contributed by atoms with Crippen molar-refractivity contribution in [1.29, 1.82) is 0 Å². The molecule has 0 bridgehead atoms. The van der Waals surface area contributed by atoms with E-state index in [2.05, 4.69) is 32.9 Å². The normalized spacial score (nSPS) is 19.7. The van der Waals surface area contributed by atoms with Crippen LogP contribution in [0.15, 0.2) is 4.47 Å². The molecule has 2 heterocycles. The van der Waals surface area contributed by atoms with Crippen molar-refractivity contribution in [3.63, 3.8) is 0 Å². The number of piperidine rings is 1. The molecule has 1 aromatic rings. The number of hydrogen-bond acceptors (Lipinski definition) is 4. The molecular formula is C15H24BrN3O2. The van der Waals surface area contributed by atoms with Crippen LogP contribution >= 0.6 is 15.9 Å². The Hall–Kier alpha value is -0.880. The molecule has 6 heteroatoms. The van der Waals surface area contributed by atoms with E-state index in [0.29, 0.717) is 6.42 Å². The molecule has 1 aromatic heterocycles. The molecule has 0 aromatic carbocycles. The number of aromatic nitrogens is 2. The fraction of sp³-hybridized carbons (Fsp3) is 0.733.